The summed E-state index contributed by atoms with van der Waals surface area (Å²) in [6.07, 6.45) is 0.909. The van der Waals surface area contributed by atoms with E-state index in [0.29, 0.717) is 5.75 Å². The molecule has 1 N–H and O–H groups in total. The summed E-state index contributed by atoms with van der Waals surface area (Å²) < 4.78 is 0. The summed E-state index contributed by atoms with van der Waals surface area (Å²) in [7, 11) is 0. The van der Waals surface area contributed by atoms with Crippen LogP contribution in [0.3, 0.4) is 0 Å². The van der Waals surface area contributed by atoms with Gasteiger partial charge in [-0.1, -0.05) is 119 Å². The molecule has 0 aliphatic rings. The molecule has 0 bridgehead atoms. The van der Waals surface area contributed by atoms with E-state index in [-0.39, 0.29) is 0 Å². The minimum atomic E-state index is -0.626. The van der Waals surface area contributed by atoms with Gasteiger partial charge in [0.05, 0.1) is 5.41 Å². The molecule has 0 unspecified atom stereocenters. The van der Waals surface area contributed by atoms with E-state index < -0.39 is 5.41 Å². The van der Waals surface area contributed by atoms with E-state index in [1.165, 1.54) is 16.7 Å². The number of benzene rings is 4. The highest BCUT2D eigenvalue weighted by atomic mass is 79.9. The minimum absolute atomic E-state index is 0.301. The fourth-order valence-electron chi connectivity index (χ4n) is 4.50. The molecule has 0 amide bonds. The number of aryl methyl sites for hydroxylation is 2. The molecule has 30 heavy (non-hydrogen) atoms. The van der Waals surface area contributed by atoms with E-state index in [4.69, 9.17) is 0 Å². The molecular formula is C28H25BrO. The first-order valence-corrected chi connectivity index (χ1v) is 11.4. The summed E-state index contributed by atoms with van der Waals surface area (Å²) in [4.78, 5) is 0. The molecule has 0 aromatic heterocycles. The lowest BCUT2D eigenvalue weighted by molar-refractivity contribution is 0.460. The second-order valence-corrected chi connectivity index (χ2v) is 8.39. The monoisotopic (exact) mass is 456 g/mol. The van der Waals surface area contributed by atoms with Crippen LogP contribution in [0.4, 0.5) is 0 Å². The summed E-state index contributed by atoms with van der Waals surface area (Å²) in [5.74, 6) is 0.301. The minimum Gasteiger partial charge on any atom is -0.508 e. The Morgan fingerprint density at radius 3 is 1.83 bits per heavy atom. The highest BCUT2D eigenvalue weighted by Crippen LogP contribution is 2.49. The Hall–Kier alpha value is -2.84. The van der Waals surface area contributed by atoms with Gasteiger partial charge < -0.3 is 5.11 Å². The van der Waals surface area contributed by atoms with Crippen LogP contribution >= 0.6 is 15.9 Å². The van der Waals surface area contributed by atoms with Crippen LogP contribution in [0.5, 0.6) is 5.75 Å². The number of alkyl halides is 1. The Kier molecular flexibility index (Phi) is 6.06. The van der Waals surface area contributed by atoms with Crippen LogP contribution in [0.25, 0.3) is 0 Å². The Morgan fingerprint density at radius 2 is 1.27 bits per heavy atom. The van der Waals surface area contributed by atoms with Gasteiger partial charge in [0.15, 0.2) is 0 Å². The third-order valence-electron chi connectivity index (χ3n) is 5.75. The van der Waals surface area contributed by atoms with Gasteiger partial charge in [-0.2, -0.15) is 0 Å². The molecule has 150 valence electrons. The summed E-state index contributed by atoms with van der Waals surface area (Å²) in [6.45, 7) is 2.13. The zero-order chi connectivity index (χ0) is 21.0. The van der Waals surface area contributed by atoms with Gasteiger partial charge in [0.2, 0.25) is 0 Å². The standard InChI is InChI=1S/C28H25BrO/c1-21-16-17-25(22(20-21)18-19-29)28(23-10-4-2-5-11-23,24-12-6-3-7-13-24)26-14-8-9-15-27(26)30/h2-17,20,30H,18-19H2,1H3. The summed E-state index contributed by atoms with van der Waals surface area (Å²) >= 11 is 3.65. The molecule has 0 spiro atoms. The fraction of sp³-hybridized carbons (Fsp3) is 0.143. The van der Waals surface area contributed by atoms with Crippen molar-refractivity contribution in [2.24, 2.45) is 0 Å². The van der Waals surface area contributed by atoms with Crippen molar-refractivity contribution >= 4 is 15.9 Å². The molecule has 4 aromatic carbocycles. The molecule has 0 fully saturated rings. The third-order valence-corrected chi connectivity index (χ3v) is 6.15. The van der Waals surface area contributed by atoms with E-state index in [2.05, 4.69) is 89.6 Å². The maximum Gasteiger partial charge on any atom is 0.120 e. The molecule has 0 radical (unpaired) electrons. The second-order valence-electron chi connectivity index (χ2n) is 7.60. The van der Waals surface area contributed by atoms with Gasteiger partial charge in [-0.15, -0.1) is 0 Å². The SMILES string of the molecule is Cc1ccc(C(c2ccccc2)(c2ccccc2)c2ccccc2O)c(CCBr)c1. The van der Waals surface area contributed by atoms with Crippen molar-refractivity contribution in [3.05, 3.63) is 137 Å². The normalized spacial score (nSPS) is 11.4. The Bertz CT molecular complexity index is 1080. The van der Waals surface area contributed by atoms with Crippen molar-refractivity contribution in [1.82, 2.24) is 0 Å². The average Bonchev–Trinajstić information content (AvgIpc) is 2.78. The molecule has 1 nitrogen and oxygen atoms in total. The van der Waals surface area contributed by atoms with Gasteiger partial charge in [-0.25, -0.2) is 0 Å². The quantitative estimate of drug-likeness (QED) is 0.244. The number of aromatic hydroxyl groups is 1. The highest BCUT2D eigenvalue weighted by molar-refractivity contribution is 9.09. The lowest BCUT2D eigenvalue weighted by atomic mass is 9.63. The van der Waals surface area contributed by atoms with Crippen LogP contribution < -0.4 is 0 Å². The van der Waals surface area contributed by atoms with Crippen molar-refractivity contribution < 1.29 is 5.11 Å². The first-order valence-electron chi connectivity index (χ1n) is 10.2. The molecule has 2 heteroatoms. The van der Waals surface area contributed by atoms with E-state index in [1.54, 1.807) is 6.07 Å². The van der Waals surface area contributed by atoms with Gasteiger partial charge >= 0.3 is 0 Å². The van der Waals surface area contributed by atoms with E-state index in [0.717, 1.165) is 28.4 Å². The summed E-state index contributed by atoms with van der Waals surface area (Å²) in [6, 6.07) is 35.4. The molecule has 0 aliphatic carbocycles. The number of phenols is 1. The van der Waals surface area contributed by atoms with E-state index in [1.807, 2.05) is 30.3 Å². The van der Waals surface area contributed by atoms with E-state index >= 15 is 0 Å². The number of phenolic OH excluding ortho intramolecular Hbond substituents is 1. The van der Waals surface area contributed by atoms with Crippen molar-refractivity contribution in [2.45, 2.75) is 18.8 Å². The Morgan fingerprint density at radius 1 is 0.700 bits per heavy atom. The first-order chi connectivity index (χ1) is 14.7. The lowest BCUT2D eigenvalue weighted by Gasteiger charge is -2.38. The van der Waals surface area contributed by atoms with Crippen molar-refractivity contribution in [3.63, 3.8) is 0 Å². The maximum atomic E-state index is 11.1. The Labute approximate surface area is 187 Å². The number of para-hydroxylation sites is 1. The van der Waals surface area contributed by atoms with Crippen molar-refractivity contribution in [2.75, 3.05) is 5.33 Å². The molecule has 0 heterocycles. The largest absolute Gasteiger partial charge is 0.508 e. The highest BCUT2D eigenvalue weighted by Gasteiger charge is 2.41. The number of rotatable bonds is 6. The predicted molar refractivity (Wildman–Crippen MR) is 129 cm³/mol. The zero-order valence-electron chi connectivity index (χ0n) is 17.1. The molecule has 4 aromatic rings. The Balaban J connectivity index is 2.19. The van der Waals surface area contributed by atoms with Crippen molar-refractivity contribution in [3.8, 4) is 5.75 Å². The van der Waals surface area contributed by atoms with Gasteiger partial charge in [-0.05, 0) is 41.7 Å². The molecule has 0 saturated carbocycles. The number of hydrogen-bond donors (Lipinski definition) is 1. The van der Waals surface area contributed by atoms with Crippen LogP contribution in [0.2, 0.25) is 0 Å². The predicted octanol–water partition coefficient (Wildman–Crippen LogP) is 7.02. The molecule has 0 aliphatic heterocycles. The third kappa shape index (κ3) is 3.57. The van der Waals surface area contributed by atoms with Crippen LogP contribution in [0.1, 0.15) is 33.4 Å². The van der Waals surface area contributed by atoms with Crippen LogP contribution in [0, 0.1) is 6.92 Å². The molecular weight excluding hydrogens is 432 g/mol. The fourth-order valence-corrected chi connectivity index (χ4v) is 4.92. The second kappa shape index (κ2) is 8.89. The van der Waals surface area contributed by atoms with Gasteiger partial charge in [0.25, 0.3) is 0 Å². The summed E-state index contributed by atoms with van der Waals surface area (Å²) in [5.41, 5.74) is 6.26. The van der Waals surface area contributed by atoms with Crippen LogP contribution in [0.15, 0.2) is 103 Å². The van der Waals surface area contributed by atoms with Crippen molar-refractivity contribution in [1.29, 1.82) is 0 Å². The summed E-state index contributed by atoms with van der Waals surface area (Å²) in [5, 5.41) is 12.0. The van der Waals surface area contributed by atoms with Crippen LogP contribution in [-0.4, -0.2) is 10.4 Å². The zero-order valence-corrected chi connectivity index (χ0v) is 18.6. The lowest BCUT2D eigenvalue weighted by Crippen LogP contribution is -2.32. The van der Waals surface area contributed by atoms with Gasteiger partial charge in [0, 0.05) is 10.9 Å². The van der Waals surface area contributed by atoms with Crippen LogP contribution in [-0.2, 0) is 11.8 Å². The topological polar surface area (TPSA) is 20.2 Å². The van der Waals surface area contributed by atoms with E-state index in [9.17, 15) is 5.11 Å². The maximum absolute atomic E-state index is 11.1. The average molecular weight is 457 g/mol. The smallest absolute Gasteiger partial charge is 0.120 e. The first kappa shape index (κ1) is 20.4. The molecule has 0 atom stereocenters. The molecule has 0 saturated heterocycles. The van der Waals surface area contributed by atoms with Gasteiger partial charge in [0.1, 0.15) is 5.75 Å². The number of halogens is 1. The van der Waals surface area contributed by atoms with Gasteiger partial charge in [-0.3, -0.25) is 0 Å². The number of hydrogen-bond acceptors (Lipinski definition) is 1. The molecule has 4 rings (SSSR count).